The highest BCUT2D eigenvalue weighted by Gasteiger charge is 2.37. The summed E-state index contributed by atoms with van der Waals surface area (Å²) in [5.41, 5.74) is 11.8. The minimum Gasteiger partial charge on any atom is -0.355 e. The fraction of sp³-hybridized carbons (Fsp3) is 0.226. The van der Waals surface area contributed by atoms with Crippen LogP contribution < -0.4 is 5.32 Å². The lowest BCUT2D eigenvalue weighted by atomic mass is 9.82. The Morgan fingerprint density at radius 2 is 1.38 bits per heavy atom. The zero-order chi connectivity index (χ0) is 22.5. The van der Waals surface area contributed by atoms with Gasteiger partial charge in [-0.15, -0.1) is 0 Å². The molecule has 1 nitrogen and oxygen atoms in total. The molecule has 0 saturated carbocycles. The highest BCUT2D eigenvalue weighted by atomic mass is 14.9. The van der Waals surface area contributed by atoms with Crippen LogP contribution in [0.1, 0.15) is 51.3 Å². The summed E-state index contributed by atoms with van der Waals surface area (Å²) in [6.07, 6.45) is 0. The van der Waals surface area contributed by atoms with Crippen LogP contribution in [0.3, 0.4) is 0 Å². The Labute approximate surface area is 192 Å². The molecule has 1 N–H and O–H groups in total. The van der Waals surface area contributed by atoms with Crippen molar-refractivity contribution in [1.29, 1.82) is 0 Å². The highest BCUT2D eigenvalue weighted by molar-refractivity contribution is 5.93. The molecular weight excluding hydrogens is 386 g/mol. The second-order valence-corrected chi connectivity index (χ2v) is 10.4. The summed E-state index contributed by atoms with van der Waals surface area (Å²) in [4.78, 5) is 0. The van der Waals surface area contributed by atoms with Crippen molar-refractivity contribution < 1.29 is 0 Å². The molecule has 0 aliphatic heterocycles. The Morgan fingerprint density at radius 3 is 2.12 bits per heavy atom. The van der Waals surface area contributed by atoms with Gasteiger partial charge in [-0.1, -0.05) is 107 Å². The quantitative estimate of drug-likeness (QED) is 0.351. The van der Waals surface area contributed by atoms with Crippen molar-refractivity contribution in [2.75, 3.05) is 5.32 Å². The van der Waals surface area contributed by atoms with Crippen molar-refractivity contribution >= 4 is 11.4 Å². The lowest BCUT2D eigenvalue weighted by molar-refractivity contribution is 0.592. The topological polar surface area (TPSA) is 12.0 Å². The number of fused-ring (bicyclic) bond motifs is 3. The third-order valence-electron chi connectivity index (χ3n) is 6.80. The van der Waals surface area contributed by atoms with Gasteiger partial charge in [0.2, 0.25) is 0 Å². The number of hydrogen-bond donors (Lipinski definition) is 1. The minimum absolute atomic E-state index is 0.0166. The molecule has 5 rings (SSSR count). The highest BCUT2D eigenvalue weighted by Crippen LogP contribution is 2.52. The molecule has 0 amide bonds. The zero-order valence-electron chi connectivity index (χ0n) is 19.7. The van der Waals surface area contributed by atoms with E-state index in [9.17, 15) is 0 Å². The number of nitrogens with one attached hydrogen (secondary N) is 1. The van der Waals surface area contributed by atoms with Gasteiger partial charge in [0.15, 0.2) is 0 Å². The van der Waals surface area contributed by atoms with Gasteiger partial charge in [0.05, 0.1) is 0 Å². The van der Waals surface area contributed by atoms with Gasteiger partial charge < -0.3 is 5.32 Å². The largest absolute Gasteiger partial charge is 0.355 e. The van der Waals surface area contributed by atoms with Crippen molar-refractivity contribution in [3.8, 4) is 22.3 Å². The summed E-state index contributed by atoms with van der Waals surface area (Å²) in [6.45, 7) is 11.5. The molecule has 0 unspecified atom stereocenters. The Bertz CT molecular complexity index is 1290. The van der Waals surface area contributed by atoms with Crippen molar-refractivity contribution in [1.82, 2.24) is 0 Å². The number of hydrogen-bond acceptors (Lipinski definition) is 1. The van der Waals surface area contributed by atoms with Crippen LogP contribution in [0, 0.1) is 0 Å². The van der Waals surface area contributed by atoms with Gasteiger partial charge in [0.1, 0.15) is 0 Å². The van der Waals surface area contributed by atoms with Crippen molar-refractivity contribution in [2.45, 2.75) is 45.4 Å². The van der Waals surface area contributed by atoms with E-state index >= 15 is 0 Å². The molecule has 0 fully saturated rings. The summed E-state index contributed by atoms with van der Waals surface area (Å²) < 4.78 is 0. The molecule has 0 spiro atoms. The van der Waals surface area contributed by atoms with Gasteiger partial charge in [-0.3, -0.25) is 0 Å². The molecule has 4 aromatic carbocycles. The lowest BCUT2D eigenvalue weighted by Gasteiger charge is -2.24. The molecule has 1 heteroatoms. The molecule has 32 heavy (non-hydrogen) atoms. The predicted molar refractivity (Wildman–Crippen MR) is 138 cm³/mol. The van der Waals surface area contributed by atoms with Crippen LogP contribution in [0.2, 0.25) is 0 Å². The summed E-state index contributed by atoms with van der Waals surface area (Å²) in [5.74, 6) is 0. The zero-order valence-corrected chi connectivity index (χ0v) is 19.7. The first-order chi connectivity index (χ1) is 15.3. The molecule has 0 atom stereocenters. The fourth-order valence-electron chi connectivity index (χ4n) is 5.14. The molecule has 1 aliphatic carbocycles. The van der Waals surface area contributed by atoms with E-state index in [2.05, 4.69) is 131 Å². The normalized spacial score (nSPS) is 14.0. The van der Waals surface area contributed by atoms with E-state index in [1.807, 2.05) is 0 Å². The van der Waals surface area contributed by atoms with Crippen molar-refractivity contribution in [3.05, 3.63) is 108 Å². The van der Waals surface area contributed by atoms with Crippen LogP contribution in [-0.4, -0.2) is 0 Å². The standard InChI is InChI=1S/C31H31N/c1-30(2,3)26-15-9-10-17-28(26)32-22-18-19-25-24(20-22)29-23(21-12-7-6-8-13-21)14-11-16-27(29)31(25,4)5/h6-20,32H,1-5H3. The molecule has 1 aliphatic rings. The molecule has 0 heterocycles. The Hall–Kier alpha value is -3.32. The van der Waals surface area contributed by atoms with Gasteiger partial charge in [-0.2, -0.15) is 0 Å². The molecular formula is C31H31N. The van der Waals surface area contributed by atoms with Crippen molar-refractivity contribution in [3.63, 3.8) is 0 Å². The second kappa shape index (κ2) is 7.38. The maximum atomic E-state index is 3.73. The van der Waals surface area contributed by atoms with E-state index in [1.165, 1.54) is 44.6 Å². The van der Waals surface area contributed by atoms with Crippen LogP contribution in [-0.2, 0) is 10.8 Å². The van der Waals surface area contributed by atoms with Gasteiger partial charge >= 0.3 is 0 Å². The van der Waals surface area contributed by atoms with Gasteiger partial charge in [-0.05, 0) is 62.6 Å². The van der Waals surface area contributed by atoms with E-state index in [4.69, 9.17) is 0 Å². The maximum absolute atomic E-state index is 3.73. The predicted octanol–water partition coefficient (Wildman–Crippen LogP) is 8.70. The first kappa shape index (κ1) is 20.6. The monoisotopic (exact) mass is 417 g/mol. The van der Waals surface area contributed by atoms with E-state index in [1.54, 1.807) is 0 Å². The van der Waals surface area contributed by atoms with Gasteiger partial charge in [0, 0.05) is 16.8 Å². The summed E-state index contributed by atoms with van der Waals surface area (Å²) in [6, 6.07) is 33.0. The van der Waals surface area contributed by atoms with Crippen LogP contribution in [0.25, 0.3) is 22.3 Å². The number of benzene rings is 4. The van der Waals surface area contributed by atoms with Gasteiger partial charge in [-0.25, -0.2) is 0 Å². The molecule has 0 saturated heterocycles. The average molecular weight is 418 g/mol. The fourth-order valence-corrected chi connectivity index (χ4v) is 5.14. The first-order valence-electron chi connectivity index (χ1n) is 11.5. The maximum Gasteiger partial charge on any atom is 0.0422 e. The summed E-state index contributed by atoms with van der Waals surface area (Å²) in [7, 11) is 0. The Kier molecular flexibility index (Phi) is 4.74. The van der Waals surface area contributed by atoms with E-state index in [0.29, 0.717) is 0 Å². The smallest absolute Gasteiger partial charge is 0.0422 e. The van der Waals surface area contributed by atoms with Crippen LogP contribution in [0.15, 0.2) is 91.0 Å². The number of anilines is 2. The van der Waals surface area contributed by atoms with E-state index in [-0.39, 0.29) is 10.8 Å². The average Bonchev–Trinajstić information content (AvgIpc) is 3.01. The van der Waals surface area contributed by atoms with Crippen LogP contribution in [0.4, 0.5) is 11.4 Å². The van der Waals surface area contributed by atoms with Crippen LogP contribution in [0.5, 0.6) is 0 Å². The number of para-hydroxylation sites is 1. The first-order valence-corrected chi connectivity index (χ1v) is 11.5. The summed E-state index contributed by atoms with van der Waals surface area (Å²) >= 11 is 0. The van der Waals surface area contributed by atoms with E-state index in [0.717, 1.165) is 5.69 Å². The molecule has 4 aromatic rings. The molecule has 0 bridgehead atoms. The van der Waals surface area contributed by atoms with E-state index < -0.39 is 0 Å². The molecule has 0 aromatic heterocycles. The van der Waals surface area contributed by atoms with Crippen molar-refractivity contribution in [2.24, 2.45) is 0 Å². The molecule has 0 radical (unpaired) electrons. The second-order valence-electron chi connectivity index (χ2n) is 10.4. The molecule has 160 valence electrons. The Balaban J connectivity index is 1.65. The summed E-state index contributed by atoms with van der Waals surface area (Å²) in [5, 5.41) is 3.73. The third kappa shape index (κ3) is 3.33. The SMILES string of the molecule is CC(C)(C)c1ccccc1Nc1ccc2c(c1)-c1c(-c3ccccc3)cccc1C2(C)C. The number of rotatable bonds is 3. The lowest BCUT2D eigenvalue weighted by Crippen LogP contribution is -2.15. The minimum atomic E-state index is -0.0166. The van der Waals surface area contributed by atoms with Crippen LogP contribution >= 0.6 is 0 Å². The van der Waals surface area contributed by atoms with Gasteiger partial charge in [0.25, 0.3) is 0 Å². The Morgan fingerprint density at radius 1 is 0.656 bits per heavy atom. The third-order valence-corrected chi connectivity index (χ3v) is 6.80.